The summed E-state index contributed by atoms with van der Waals surface area (Å²) in [4.78, 5) is 0. The number of aliphatic hydroxyl groups excluding tert-OH is 1. The van der Waals surface area contributed by atoms with Crippen LogP contribution in [0.25, 0.3) is 0 Å². The van der Waals surface area contributed by atoms with Crippen LogP contribution in [0, 0.1) is 0 Å². The van der Waals surface area contributed by atoms with Crippen molar-refractivity contribution in [2.75, 3.05) is 19.4 Å². The summed E-state index contributed by atoms with van der Waals surface area (Å²) in [6.45, 7) is 6.50. The van der Waals surface area contributed by atoms with E-state index in [-0.39, 0.29) is 6.16 Å². The lowest BCUT2D eigenvalue weighted by atomic mass is 10.1. The molecule has 128 valence electrons. The van der Waals surface area contributed by atoms with Gasteiger partial charge in [-0.05, 0) is 20.3 Å². The molecule has 0 fully saturated rings. The van der Waals surface area contributed by atoms with Crippen LogP contribution in [0.2, 0.25) is 0 Å². The molecule has 0 rings (SSSR count). The van der Waals surface area contributed by atoms with Crippen molar-refractivity contribution in [3.63, 3.8) is 0 Å². The van der Waals surface area contributed by atoms with Crippen molar-refractivity contribution in [1.82, 2.24) is 0 Å². The van der Waals surface area contributed by atoms with Crippen molar-refractivity contribution in [3.05, 3.63) is 0 Å². The number of aliphatic hydroxyl groups is 1. The van der Waals surface area contributed by atoms with Gasteiger partial charge in [0.05, 0.1) is 25.5 Å². The van der Waals surface area contributed by atoms with Gasteiger partial charge in [0.1, 0.15) is 0 Å². The first-order valence-corrected chi connectivity index (χ1v) is 10.4. The van der Waals surface area contributed by atoms with Crippen molar-refractivity contribution in [2.24, 2.45) is 0 Å². The van der Waals surface area contributed by atoms with Crippen LogP contribution in [0.1, 0.15) is 78.6 Å². The van der Waals surface area contributed by atoms with Gasteiger partial charge in [0.15, 0.2) is 0 Å². The molecule has 1 unspecified atom stereocenters. The summed E-state index contributed by atoms with van der Waals surface area (Å²) in [6, 6.07) is 0. The molecule has 0 saturated carbocycles. The lowest BCUT2D eigenvalue weighted by Gasteiger charge is -2.20. The second kappa shape index (κ2) is 13.8. The molecular formula is C16H35O4P. The summed E-state index contributed by atoms with van der Waals surface area (Å²) in [5.74, 6) is 0. The maximum atomic E-state index is 12.3. The van der Waals surface area contributed by atoms with E-state index in [4.69, 9.17) is 9.05 Å². The van der Waals surface area contributed by atoms with Gasteiger partial charge in [-0.15, -0.1) is 0 Å². The number of hydrogen-bond donors (Lipinski definition) is 1. The van der Waals surface area contributed by atoms with E-state index in [0.717, 1.165) is 12.8 Å². The minimum absolute atomic E-state index is 0.116. The SMILES string of the molecule is CCCCCCCCCCC(O)CP(=O)(OCC)OCC. The minimum Gasteiger partial charge on any atom is -0.392 e. The molecule has 21 heavy (non-hydrogen) atoms. The highest BCUT2D eigenvalue weighted by molar-refractivity contribution is 7.53. The molecule has 0 bridgehead atoms. The summed E-state index contributed by atoms with van der Waals surface area (Å²) in [7, 11) is -3.10. The molecule has 1 N–H and O–H groups in total. The van der Waals surface area contributed by atoms with Crippen LogP contribution in [-0.4, -0.2) is 30.6 Å². The largest absolute Gasteiger partial charge is 0.392 e. The van der Waals surface area contributed by atoms with Crippen molar-refractivity contribution >= 4 is 7.60 Å². The molecule has 1 atom stereocenters. The van der Waals surface area contributed by atoms with Crippen molar-refractivity contribution in [3.8, 4) is 0 Å². The van der Waals surface area contributed by atoms with Crippen molar-refractivity contribution < 1.29 is 18.7 Å². The van der Waals surface area contributed by atoms with Gasteiger partial charge in [-0.3, -0.25) is 4.57 Å². The molecule has 0 aliphatic heterocycles. The van der Waals surface area contributed by atoms with Crippen LogP contribution in [-0.2, 0) is 13.6 Å². The molecule has 0 aromatic carbocycles. The summed E-state index contributed by atoms with van der Waals surface area (Å²) in [6.07, 6.45) is 10.1. The van der Waals surface area contributed by atoms with E-state index in [1.807, 2.05) is 0 Å². The topological polar surface area (TPSA) is 55.8 Å². The monoisotopic (exact) mass is 322 g/mol. The lowest BCUT2D eigenvalue weighted by Crippen LogP contribution is -2.15. The molecule has 0 aromatic rings. The Labute approximate surface area is 131 Å². The normalized spacial score (nSPS) is 13.5. The highest BCUT2D eigenvalue weighted by Crippen LogP contribution is 2.48. The third-order valence-corrected chi connectivity index (χ3v) is 5.65. The predicted octanol–water partition coefficient (Wildman–Crippen LogP) is 5.14. The zero-order valence-corrected chi connectivity index (χ0v) is 15.1. The van der Waals surface area contributed by atoms with Crippen LogP contribution in [0.5, 0.6) is 0 Å². The molecule has 0 spiro atoms. The van der Waals surface area contributed by atoms with E-state index in [2.05, 4.69) is 6.92 Å². The zero-order chi connectivity index (χ0) is 16.0. The van der Waals surface area contributed by atoms with Gasteiger partial charge in [-0.1, -0.05) is 58.3 Å². The van der Waals surface area contributed by atoms with Crippen LogP contribution in [0.4, 0.5) is 0 Å². The fraction of sp³-hybridized carbons (Fsp3) is 1.00. The molecule has 0 aliphatic carbocycles. The van der Waals surface area contributed by atoms with Crippen LogP contribution >= 0.6 is 7.60 Å². The smallest absolute Gasteiger partial charge is 0.333 e. The first-order chi connectivity index (χ1) is 10.1. The Morgan fingerprint density at radius 3 is 1.81 bits per heavy atom. The van der Waals surface area contributed by atoms with E-state index < -0.39 is 13.7 Å². The Hall–Kier alpha value is 0.110. The van der Waals surface area contributed by atoms with Gasteiger partial charge in [0.2, 0.25) is 0 Å². The van der Waals surface area contributed by atoms with Crippen molar-refractivity contribution in [1.29, 1.82) is 0 Å². The quantitative estimate of drug-likeness (QED) is 0.335. The van der Waals surface area contributed by atoms with Gasteiger partial charge in [0.25, 0.3) is 0 Å². The van der Waals surface area contributed by atoms with E-state index in [1.54, 1.807) is 13.8 Å². The van der Waals surface area contributed by atoms with Gasteiger partial charge >= 0.3 is 7.60 Å². The Kier molecular flexibility index (Phi) is 13.8. The first-order valence-electron chi connectivity index (χ1n) is 8.64. The fourth-order valence-corrected chi connectivity index (χ4v) is 4.17. The average molecular weight is 322 g/mol. The first kappa shape index (κ1) is 21.1. The molecule has 4 nitrogen and oxygen atoms in total. The Bertz CT molecular complexity index is 261. The third kappa shape index (κ3) is 12.3. The molecule has 0 aromatic heterocycles. The third-order valence-electron chi connectivity index (χ3n) is 3.48. The zero-order valence-electron chi connectivity index (χ0n) is 14.2. The summed E-state index contributed by atoms with van der Waals surface area (Å²) >= 11 is 0. The second-order valence-electron chi connectivity index (χ2n) is 5.55. The molecular weight excluding hydrogens is 287 g/mol. The Morgan fingerprint density at radius 1 is 0.857 bits per heavy atom. The molecule has 0 heterocycles. The average Bonchev–Trinajstić information content (AvgIpc) is 2.42. The van der Waals surface area contributed by atoms with Crippen LogP contribution in [0.3, 0.4) is 0 Å². The second-order valence-corrected chi connectivity index (χ2v) is 7.65. The lowest BCUT2D eigenvalue weighted by molar-refractivity contribution is 0.159. The predicted molar refractivity (Wildman–Crippen MR) is 89.0 cm³/mol. The molecule has 5 heteroatoms. The van der Waals surface area contributed by atoms with Crippen molar-refractivity contribution in [2.45, 2.75) is 84.7 Å². The highest BCUT2D eigenvalue weighted by atomic mass is 31.2. The summed E-state index contributed by atoms with van der Waals surface area (Å²) in [5.41, 5.74) is 0. The Morgan fingerprint density at radius 2 is 1.33 bits per heavy atom. The van der Waals surface area contributed by atoms with E-state index >= 15 is 0 Å². The van der Waals surface area contributed by atoms with Crippen LogP contribution in [0.15, 0.2) is 0 Å². The summed E-state index contributed by atoms with van der Waals surface area (Å²) in [5, 5.41) is 9.98. The molecule has 0 saturated heterocycles. The standard InChI is InChI=1S/C16H35O4P/c1-4-7-8-9-10-11-12-13-14-16(17)15-21(18,19-5-2)20-6-3/h16-17H,4-15H2,1-3H3. The number of rotatable bonds is 15. The van der Waals surface area contributed by atoms with E-state index in [9.17, 15) is 9.67 Å². The van der Waals surface area contributed by atoms with Gasteiger partial charge in [-0.25, -0.2) is 0 Å². The number of hydrogen-bond acceptors (Lipinski definition) is 4. The molecule has 0 radical (unpaired) electrons. The van der Waals surface area contributed by atoms with E-state index in [0.29, 0.717) is 19.6 Å². The van der Waals surface area contributed by atoms with E-state index in [1.165, 1.54) is 38.5 Å². The minimum atomic E-state index is -3.10. The van der Waals surface area contributed by atoms with Gasteiger partial charge in [0, 0.05) is 0 Å². The van der Waals surface area contributed by atoms with Gasteiger partial charge in [-0.2, -0.15) is 0 Å². The maximum absolute atomic E-state index is 12.3. The maximum Gasteiger partial charge on any atom is 0.333 e. The molecule has 0 aliphatic rings. The number of unbranched alkanes of at least 4 members (excludes halogenated alkanes) is 7. The molecule has 0 amide bonds. The summed E-state index contributed by atoms with van der Waals surface area (Å²) < 4.78 is 22.6. The highest BCUT2D eigenvalue weighted by Gasteiger charge is 2.27. The Balaban J connectivity index is 3.68. The van der Waals surface area contributed by atoms with Crippen LogP contribution < -0.4 is 0 Å². The van der Waals surface area contributed by atoms with Gasteiger partial charge < -0.3 is 14.2 Å². The fourth-order valence-electron chi connectivity index (χ4n) is 2.40.